The summed E-state index contributed by atoms with van der Waals surface area (Å²) < 4.78 is 0. The molecule has 8 rings (SSSR count). The molecule has 2 aromatic rings. The smallest absolute Gasteiger partial charge is 0.254 e. The molecule has 10 atom stereocenters. The number of nitrogens with zero attached hydrogens (tertiary/aromatic N) is 3. The molecule has 256 valence electrons. The molecule has 2 aliphatic heterocycles. The molecule has 0 aromatic heterocycles. The van der Waals surface area contributed by atoms with Crippen LogP contribution < -0.4 is 0 Å². The number of aliphatic hydroxyl groups excluding tert-OH is 1. The fraction of sp³-hybridized carbons (Fsp3) is 0.659. The minimum Gasteiger partial charge on any atom is -0.391 e. The number of terminal acetylenes is 1. The Labute approximate surface area is 286 Å². The maximum atomic E-state index is 13.9. The lowest BCUT2D eigenvalue weighted by molar-refractivity contribution is -0.163. The Morgan fingerprint density at radius 3 is 2.42 bits per heavy atom. The first-order valence-electron chi connectivity index (χ1n) is 18.8. The summed E-state index contributed by atoms with van der Waals surface area (Å²) in [5, 5.41) is 25.1. The van der Waals surface area contributed by atoms with Gasteiger partial charge in [-0.3, -0.25) is 14.5 Å². The highest BCUT2D eigenvalue weighted by Crippen LogP contribution is 2.68. The Balaban J connectivity index is 0.925. The molecule has 2 amide bonds. The van der Waals surface area contributed by atoms with Crippen LogP contribution in [0.2, 0.25) is 0 Å². The number of carbonyl (C=O) groups excluding carboxylic acids is 2. The molecule has 4 aliphatic carbocycles. The standard InChI is InChI=1S/C41H53N3O4/c1-4-41(48)18-16-33-31-14-13-30-25-36(45)35(26-39(30,2)32(31)15-17-40(33,41)3)42-20-22-43(23-21-42)38(47)34-10-7-19-44(34)37(46)29-12-11-27-8-5-6-9-28(27)24-29/h1,5-6,8-9,11-12,24,30-36,45,48H,7,10,13-23,25-26H2,2-3H3/t30-,31?,32?,33?,34-,35-,36-,39-,40-,41-/m0/s1. The molecule has 48 heavy (non-hydrogen) atoms. The van der Waals surface area contributed by atoms with Crippen molar-refractivity contribution in [2.45, 2.75) is 102 Å². The summed E-state index contributed by atoms with van der Waals surface area (Å²) in [6.45, 7) is 8.15. The van der Waals surface area contributed by atoms with Crippen LogP contribution in [0.1, 0.15) is 88.4 Å². The topological polar surface area (TPSA) is 84.3 Å². The predicted octanol–water partition coefficient (Wildman–Crippen LogP) is 5.34. The summed E-state index contributed by atoms with van der Waals surface area (Å²) in [6, 6.07) is 13.6. The van der Waals surface area contributed by atoms with Gasteiger partial charge >= 0.3 is 0 Å². The van der Waals surface area contributed by atoms with Gasteiger partial charge in [0.05, 0.1) is 6.10 Å². The SMILES string of the molecule is C#C[C@]1(O)CCC2C3CC[C@H]4C[C@H](O)[C@@H](N5CCN(C(=O)[C@@H]6CCCN6C(=O)c6ccc7ccccc7c6)CC5)C[C@]4(C)C3CC[C@@]21C. The number of rotatable bonds is 3. The molecule has 6 aliphatic rings. The minimum atomic E-state index is -0.984. The molecule has 2 N–H and O–H groups in total. The van der Waals surface area contributed by atoms with E-state index in [1.807, 2.05) is 47.4 Å². The van der Waals surface area contributed by atoms with E-state index < -0.39 is 11.6 Å². The molecular weight excluding hydrogens is 598 g/mol. The summed E-state index contributed by atoms with van der Waals surface area (Å²) >= 11 is 0. The van der Waals surface area contributed by atoms with Gasteiger partial charge in [-0.15, -0.1) is 6.42 Å². The van der Waals surface area contributed by atoms with Crippen LogP contribution in [0, 0.1) is 46.8 Å². The molecule has 7 nitrogen and oxygen atoms in total. The second-order valence-corrected chi connectivity index (χ2v) is 16.8. The van der Waals surface area contributed by atoms with Crippen molar-refractivity contribution in [3.8, 4) is 12.3 Å². The molecule has 2 heterocycles. The third-order valence-electron chi connectivity index (χ3n) is 15.0. The van der Waals surface area contributed by atoms with Crippen LogP contribution >= 0.6 is 0 Å². The summed E-state index contributed by atoms with van der Waals surface area (Å²) in [5.41, 5.74) is -0.381. The zero-order valence-electron chi connectivity index (χ0n) is 28.8. The number of piperazine rings is 1. The van der Waals surface area contributed by atoms with Crippen molar-refractivity contribution in [2.24, 2.45) is 34.5 Å². The van der Waals surface area contributed by atoms with Gasteiger partial charge in [0.15, 0.2) is 0 Å². The van der Waals surface area contributed by atoms with Crippen LogP contribution in [0.5, 0.6) is 0 Å². The molecule has 4 saturated carbocycles. The summed E-state index contributed by atoms with van der Waals surface area (Å²) in [5.74, 6) is 5.01. The number of fused-ring (bicyclic) bond motifs is 6. The molecule has 2 saturated heterocycles. The van der Waals surface area contributed by atoms with Gasteiger partial charge in [0, 0.05) is 49.7 Å². The summed E-state index contributed by atoms with van der Waals surface area (Å²) in [4.78, 5) is 33.8. The fourth-order valence-electron chi connectivity index (χ4n) is 12.1. The zero-order chi connectivity index (χ0) is 33.4. The molecule has 0 spiro atoms. The number of hydrogen-bond acceptors (Lipinski definition) is 5. The van der Waals surface area contributed by atoms with E-state index in [-0.39, 0.29) is 34.8 Å². The van der Waals surface area contributed by atoms with Crippen LogP contribution in [0.15, 0.2) is 42.5 Å². The van der Waals surface area contributed by atoms with Crippen LogP contribution in [-0.4, -0.2) is 93.2 Å². The number of aliphatic hydroxyl groups is 2. The van der Waals surface area contributed by atoms with Gasteiger partial charge in [-0.05, 0) is 116 Å². The largest absolute Gasteiger partial charge is 0.391 e. The Morgan fingerprint density at radius 1 is 0.896 bits per heavy atom. The van der Waals surface area contributed by atoms with Gasteiger partial charge < -0.3 is 20.0 Å². The number of likely N-dealkylation sites (tertiary alicyclic amines) is 1. The van der Waals surface area contributed by atoms with E-state index in [4.69, 9.17) is 6.42 Å². The molecular formula is C41H53N3O4. The van der Waals surface area contributed by atoms with Crippen molar-refractivity contribution < 1.29 is 19.8 Å². The molecule has 0 bridgehead atoms. The van der Waals surface area contributed by atoms with E-state index in [1.165, 1.54) is 6.42 Å². The minimum absolute atomic E-state index is 0.0567. The molecule has 2 aromatic carbocycles. The van der Waals surface area contributed by atoms with Gasteiger partial charge in [-0.2, -0.15) is 0 Å². The van der Waals surface area contributed by atoms with Crippen LogP contribution in [0.25, 0.3) is 10.8 Å². The Bertz CT molecular complexity index is 1630. The monoisotopic (exact) mass is 651 g/mol. The van der Waals surface area contributed by atoms with Crippen molar-refractivity contribution in [1.82, 2.24) is 14.7 Å². The Morgan fingerprint density at radius 2 is 1.65 bits per heavy atom. The van der Waals surface area contributed by atoms with Crippen molar-refractivity contribution >= 4 is 22.6 Å². The van der Waals surface area contributed by atoms with Crippen molar-refractivity contribution in [1.29, 1.82) is 0 Å². The lowest BCUT2D eigenvalue weighted by atomic mass is 9.44. The summed E-state index contributed by atoms with van der Waals surface area (Å²) in [6.07, 6.45) is 15.1. The highest BCUT2D eigenvalue weighted by atomic mass is 16.3. The highest BCUT2D eigenvalue weighted by Gasteiger charge is 2.65. The van der Waals surface area contributed by atoms with E-state index >= 15 is 0 Å². The average molecular weight is 652 g/mol. The van der Waals surface area contributed by atoms with E-state index in [2.05, 4.69) is 24.7 Å². The van der Waals surface area contributed by atoms with Crippen molar-refractivity contribution in [2.75, 3.05) is 32.7 Å². The van der Waals surface area contributed by atoms with Gasteiger partial charge in [0.25, 0.3) is 5.91 Å². The maximum Gasteiger partial charge on any atom is 0.254 e. The van der Waals surface area contributed by atoms with Crippen LogP contribution in [0.4, 0.5) is 0 Å². The molecule has 0 radical (unpaired) electrons. The van der Waals surface area contributed by atoms with E-state index in [1.54, 1.807) is 4.90 Å². The number of carbonyl (C=O) groups is 2. The van der Waals surface area contributed by atoms with Gasteiger partial charge in [0.1, 0.15) is 11.6 Å². The third-order valence-corrected chi connectivity index (χ3v) is 15.0. The Kier molecular flexibility index (Phi) is 7.97. The highest BCUT2D eigenvalue weighted by molar-refractivity contribution is 6.01. The van der Waals surface area contributed by atoms with E-state index in [0.29, 0.717) is 61.7 Å². The van der Waals surface area contributed by atoms with Crippen LogP contribution in [-0.2, 0) is 4.79 Å². The number of benzene rings is 2. The number of hydrogen-bond donors (Lipinski definition) is 2. The first kappa shape index (κ1) is 32.3. The van der Waals surface area contributed by atoms with Gasteiger partial charge in [-0.25, -0.2) is 0 Å². The first-order valence-corrected chi connectivity index (χ1v) is 18.8. The quantitative estimate of drug-likeness (QED) is 0.439. The zero-order valence-corrected chi connectivity index (χ0v) is 28.8. The summed E-state index contributed by atoms with van der Waals surface area (Å²) in [7, 11) is 0. The lowest BCUT2D eigenvalue weighted by Crippen LogP contribution is -2.63. The lowest BCUT2D eigenvalue weighted by Gasteiger charge is -2.63. The second-order valence-electron chi connectivity index (χ2n) is 16.8. The van der Waals surface area contributed by atoms with Crippen LogP contribution in [0.3, 0.4) is 0 Å². The molecule has 6 fully saturated rings. The first-order chi connectivity index (χ1) is 23.1. The molecule has 7 heteroatoms. The normalized spacial score (nSPS) is 41.4. The van der Waals surface area contributed by atoms with E-state index in [9.17, 15) is 19.8 Å². The predicted molar refractivity (Wildman–Crippen MR) is 187 cm³/mol. The van der Waals surface area contributed by atoms with E-state index in [0.717, 1.165) is 68.8 Å². The average Bonchev–Trinajstić information content (AvgIpc) is 3.70. The van der Waals surface area contributed by atoms with Gasteiger partial charge in [0.2, 0.25) is 5.91 Å². The van der Waals surface area contributed by atoms with Gasteiger partial charge in [-0.1, -0.05) is 50.1 Å². The number of amides is 2. The van der Waals surface area contributed by atoms with Crippen molar-refractivity contribution in [3.63, 3.8) is 0 Å². The fourth-order valence-corrected chi connectivity index (χ4v) is 12.1. The maximum absolute atomic E-state index is 13.9. The molecule has 3 unspecified atom stereocenters. The van der Waals surface area contributed by atoms with Crippen molar-refractivity contribution in [3.05, 3.63) is 48.0 Å². The Hall–Kier alpha value is -2.92. The third kappa shape index (κ3) is 4.88. The second kappa shape index (κ2) is 11.9.